The normalized spacial score (nSPS) is 16.0. The molecule has 8 heteroatoms. The van der Waals surface area contributed by atoms with E-state index in [0.717, 1.165) is 5.56 Å². The number of aromatic nitrogens is 1. The highest BCUT2D eigenvalue weighted by molar-refractivity contribution is 8.26. The first kappa shape index (κ1) is 18.2. The van der Waals surface area contributed by atoms with E-state index in [4.69, 9.17) is 40.2 Å². The summed E-state index contributed by atoms with van der Waals surface area (Å²) in [5, 5.41) is 0.843. The van der Waals surface area contributed by atoms with E-state index in [1.54, 1.807) is 35.5 Å². The molecule has 2 heterocycles. The molecule has 1 aliphatic heterocycles. The molecule has 0 N–H and O–H groups in total. The van der Waals surface area contributed by atoms with Crippen molar-refractivity contribution >= 4 is 63.5 Å². The summed E-state index contributed by atoms with van der Waals surface area (Å²) in [4.78, 5) is 18.8. The van der Waals surface area contributed by atoms with Gasteiger partial charge in [-0.2, -0.15) is 0 Å². The summed E-state index contributed by atoms with van der Waals surface area (Å²) in [5.74, 6) is 0.292. The Kier molecular flexibility index (Phi) is 5.64. The van der Waals surface area contributed by atoms with Crippen LogP contribution in [0.1, 0.15) is 11.1 Å². The van der Waals surface area contributed by atoms with E-state index < -0.39 is 0 Å². The number of thiocarbonyl (C=S) groups is 1. The van der Waals surface area contributed by atoms with Crippen molar-refractivity contribution < 1.29 is 9.53 Å². The summed E-state index contributed by atoms with van der Waals surface area (Å²) in [6, 6.07) is 7.00. The zero-order valence-corrected chi connectivity index (χ0v) is 16.2. The Bertz CT molecular complexity index is 872. The number of ether oxygens (including phenoxy) is 1. The van der Waals surface area contributed by atoms with Crippen LogP contribution in [0.5, 0.6) is 5.75 Å². The Morgan fingerprint density at radius 2 is 2.20 bits per heavy atom. The highest BCUT2D eigenvalue weighted by atomic mass is 35.5. The maximum atomic E-state index is 12.7. The quantitative estimate of drug-likeness (QED) is 0.534. The summed E-state index contributed by atoms with van der Waals surface area (Å²) in [6.07, 6.45) is 5.09. The molecule has 0 bridgehead atoms. The van der Waals surface area contributed by atoms with E-state index in [1.807, 2.05) is 12.1 Å². The number of hydrogen-bond acceptors (Lipinski definition) is 5. The van der Waals surface area contributed by atoms with Crippen LogP contribution in [-0.4, -0.2) is 27.2 Å². The van der Waals surface area contributed by atoms with Crippen LogP contribution in [0.3, 0.4) is 0 Å². The molecule has 0 saturated carbocycles. The van der Waals surface area contributed by atoms with Gasteiger partial charge in [-0.25, -0.2) is 0 Å². The van der Waals surface area contributed by atoms with Crippen molar-refractivity contribution in [2.45, 2.75) is 6.54 Å². The van der Waals surface area contributed by atoms with Crippen molar-refractivity contribution in [3.8, 4) is 5.75 Å². The fraction of sp³-hybridized carbons (Fsp3) is 0.118. The molecule has 0 spiro atoms. The van der Waals surface area contributed by atoms with Crippen LogP contribution in [0.4, 0.5) is 0 Å². The van der Waals surface area contributed by atoms with Crippen molar-refractivity contribution in [1.29, 1.82) is 0 Å². The molecule has 0 unspecified atom stereocenters. The van der Waals surface area contributed by atoms with Crippen molar-refractivity contribution in [2.24, 2.45) is 0 Å². The highest BCUT2D eigenvalue weighted by Crippen LogP contribution is 2.38. The molecule has 1 saturated heterocycles. The Balaban J connectivity index is 1.91. The van der Waals surface area contributed by atoms with Crippen LogP contribution in [0.15, 0.2) is 41.6 Å². The van der Waals surface area contributed by atoms with E-state index in [-0.39, 0.29) is 5.91 Å². The van der Waals surface area contributed by atoms with E-state index in [1.165, 1.54) is 18.9 Å². The third-order valence-corrected chi connectivity index (χ3v) is 5.34. The van der Waals surface area contributed by atoms with Crippen LogP contribution in [0.2, 0.25) is 10.0 Å². The number of methoxy groups -OCH3 is 1. The molecule has 0 radical (unpaired) electrons. The molecule has 4 nitrogen and oxygen atoms in total. The van der Waals surface area contributed by atoms with Gasteiger partial charge in [0.15, 0.2) is 0 Å². The minimum atomic E-state index is -0.169. The third-order valence-electron chi connectivity index (χ3n) is 3.46. The topological polar surface area (TPSA) is 42.4 Å². The first-order valence-electron chi connectivity index (χ1n) is 7.17. The summed E-state index contributed by atoms with van der Waals surface area (Å²) >= 11 is 18.8. The van der Waals surface area contributed by atoms with Gasteiger partial charge in [0.05, 0.1) is 23.6 Å². The van der Waals surface area contributed by atoms with Gasteiger partial charge in [-0.3, -0.25) is 14.7 Å². The van der Waals surface area contributed by atoms with Crippen LogP contribution in [0.25, 0.3) is 6.08 Å². The fourth-order valence-corrected chi connectivity index (χ4v) is 4.19. The number of thioether (sulfide) groups is 1. The lowest BCUT2D eigenvalue weighted by Crippen LogP contribution is -2.27. The number of halogens is 2. The second-order valence-electron chi connectivity index (χ2n) is 5.14. The maximum Gasteiger partial charge on any atom is 0.266 e. The van der Waals surface area contributed by atoms with Gasteiger partial charge in [0.25, 0.3) is 5.91 Å². The molecular formula is C17H12Cl2N2O2S2. The van der Waals surface area contributed by atoms with Gasteiger partial charge in [-0.1, -0.05) is 53.2 Å². The van der Waals surface area contributed by atoms with Gasteiger partial charge in [0.2, 0.25) is 0 Å². The van der Waals surface area contributed by atoms with Gasteiger partial charge in [0, 0.05) is 23.0 Å². The third kappa shape index (κ3) is 3.98. The van der Waals surface area contributed by atoms with E-state index in [2.05, 4.69) is 4.98 Å². The Morgan fingerprint density at radius 1 is 1.40 bits per heavy atom. The zero-order chi connectivity index (χ0) is 18.0. The fourth-order valence-electron chi connectivity index (χ4n) is 2.35. The molecule has 0 atom stereocenters. The van der Waals surface area contributed by atoms with Gasteiger partial charge in [-0.15, -0.1) is 0 Å². The molecule has 2 aromatic rings. The molecule has 1 aromatic heterocycles. The summed E-state index contributed by atoms with van der Waals surface area (Å²) in [6.45, 7) is 0.378. The van der Waals surface area contributed by atoms with Crippen molar-refractivity contribution in [3.63, 3.8) is 0 Å². The molecule has 128 valence electrons. The van der Waals surface area contributed by atoms with E-state index in [0.29, 0.717) is 37.1 Å². The van der Waals surface area contributed by atoms with Crippen LogP contribution in [0, 0.1) is 0 Å². The smallest absolute Gasteiger partial charge is 0.266 e. The number of carbonyl (C=O) groups excluding carboxylic acids is 1. The van der Waals surface area contributed by atoms with Gasteiger partial charge in [0.1, 0.15) is 10.1 Å². The minimum Gasteiger partial charge on any atom is -0.495 e. The zero-order valence-electron chi connectivity index (χ0n) is 13.0. The standard InChI is InChI=1S/C17H12Cl2N2O2S2/c1-23-15-11(5-12(18)7-13(15)19)6-14-16(22)21(17(24)25-14)9-10-3-2-4-20-8-10/h2-8H,9H2,1H3/b14-6-. The van der Waals surface area contributed by atoms with Crippen molar-refractivity contribution in [2.75, 3.05) is 7.11 Å². The van der Waals surface area contributed by atoms with E-state index in [9.17, 15) is 4.79 Å². The number of amides is 1. The second-order valence-corrected chi connectivity index (χ2v) is 7.66. The Morgan fingerprint density at radius 3 is 2.88 bits per heavy atom. The van der Waals surface area contributed by atoms with E-state index >= 15 is 0 Å². The number of carbonyl (C=O) groups is 1. The molecule has 1 amide bonds. The average molecular weight is 411 g/mol. The number of nitrogens with zero attached hydrogens (tertiary/aromatic N) is 2. The number of pyridine rings is 1. The average Bonchev–Trinajstić information content (AvgIpc) is 2.83. The monoisotopic (exact) mass is 410 g/mol. The predicted octanol–water partition coefficient (Wildman–Crippen LogP) is 4.80. The molecule has 1 aromatic carbocycles. The Hall–Kier alpha value is -1.60. The molecule has 3 rings (SSSR count). The van der Waals surface area contributed by atoms with Gasteiger partial charge in [-0.05, 0) is 29.8 Å². The number of hydrogen-bond donors (Lipinski definition) is 0. The SMILES string of the molecule is COc1c(Cl)cc(Cl)cc1/C=C1\SC(=S)N(Cc2cccnc2)C1=O. The van der Waals surface area contributed by atoms with Crippen LogP contribution < -0.4 is 4.74 Å². The predicted molar refractivity (Wildman–Crippen MR) is 106 cm³/mol. The molecular weight excluding hydrogens is 399 g/mol. The van der Waals surface area contributed by atoms with Crippen molar-refractivity contribution in [3.05, 3.63) is 62.7 Å². The summed E-state index contributed by atoms with van der Waals surface area (Å²) in [5.41, 5.74) is 1.53. The van der Waals surface area contributed by atoms with Crippen LogP contribution >= 0.6 is 47.2 Å². The second kappa shape index (κ2) is 7.74. The molecule has 1 aliphatic rings. The lowest BCUT2D eigenvalue weighted by Gasteiger charge is -2.14. The first-order valence-corrected chi connectivity index (χ1v) is 9.15. The highest BCUT2D eigenvalue weighted by Gasteiger charge is 2.32. The minimum absolute atomic E-state index is 0.169. The maximum absolute atomic E-state index is 12.7. The molecule has 0 aliphatic carbocycles. The van der Waals surface area contributed by atoms with Gasteiger partial charge < -0.3 is 4.74 Å². The summed E-state index contributed by atoms with van der Waals surface area (Å²) in [7, 11) is 1.51. The summed E-state index contributed by atoms with van der Waals surface area (Å²) < 4.78 is 5.81. The largest absolute Gasteiger partial charge is 0.495 e. The Labute approximate surface area is 164 Å². The molecule has 1 fully saturated rings. The lowest BCUT2D eigenvalue weighted by molar-refractivity contribution is -0.122. The van der Waals surface area contributed by atoms with Crippen molar-refractivity contribution in [1.82, 2.24) is 9.88 Å². The first-order chi connectivity index (χ1) is 12.0. The van der Waals surface area contributed by atoms with Crippen LogP contribution in [-0.2, 0) is 11.3 Å². The molecule has 25 heavy (non-hydrogen) atoms. The number of benzene rings is 1. The van der Waals surface area contributed by atoms with Gasteiger partial charge >= 0.3 is 0 Å². The number of rotatable bonds is 4. The lowest BCUT2D eigenvalue weighted by atomic mass is 10.1.